The standard InChI is InChI=1S/C67H106N20O15S3/c1-37(2)53(63(99)84-50(35-89)65(101)102)86-61(97)51(36-103)85-62(98)52-22-14-28-87(52)64(100)47(24-30-105-4)81-56(92)43(19-10-11-25-68)78-55(91)44(20-12-26-74-66(70)71)80-60(96)49(34-88)83-59(95)48(32-39-33-76-42-18-9-8-17-40(39)42)82-57(93)45(21-13-27-75-67(72)73)79-58(94)46(23-29-104-3)77-54(90)41(69)31-38-15-6-5-7-16-38/h5-9,15-18,33,37,41,43-53,76,88-89,103H,10-14,19-32,34-36,68-69H2,1-4H3,(H,77,90)(H,78,91)(H,79,94)(H,80,96)(H,81,92)(H,82,93)(H,83,95)(H,84,99)(H,85,98)(H,86,97)(H,101,102)(H4,70,71,74)(H4,72,73,75)/t41-,43+,44+,45+,46+,47+,48+,49+,50+,51+,52+,53+/m1/s1. The van der Waals surface area contributed by atoms with E-state index in [1.54, 1.807) is 62.7 Å². The second-order valence-electron chi connectivity index (χ2n) is 25.5. The first-order valence-corrected chi connectivity index (χ1v) is 38.1. The Morgan fingerprint density at radius 2 is 1.03 bits per heavy atom. The van der Waals surface area contributed by atoms with Crippen molar-refractivity contribution in [2.45, 2.75) is 170 Å². The maximum Gasteiger partial charge on any atom is 0.328 e. The van der Waals surface area contributed by atoms with Crippen LogP contribution in [0, 0.1) is 5.92 Å². The van der Waals surface area contributed by atoms with E-state index in [2.05, 4.69) is 80.8 Å². The van der Waals surface area contributed by atoms with E-state index in [4.69, 9.17) is 34.4 Å². The molecule has 26 N–H and O–H groups in total. The van der Waals surface area contributed by atoms with Gasteiger partial charge in [-0.05, 0) is 131 Å². The van der Waals surface area contributed by atoms with Crippen molar-refractivity contribution in [1.29, 1.82) is 0 Å². The van der Waals surface area contributed by atoms with Gasteiger partial charge >= 0.3 is 5.97 Å². The number of fused-ring (bicyclic) bond motifs is 1. The summed E-state index contributed by atoms with van der Waals surface area (Å²) in [6, 6.07) is -0.456. The number of nitrogens with two attached hydrogens (primary N) is 6. The number of aliphatic hydroxyl groups is 2. The number of aliphatic imine (C=N–C) groups is 2. The van der Waals surface area contributed by atoms with Crippen molar-refractivity contribution >= 4 is 130 Å². The second kappa shape index (κ2) is 46.8. The van der Waals surface area contributed by atoms with Crippen molar-refractivity contribution < 1.29 is 72.9 Å². The van der Waals surface area contributed by atoms with Gasteiger partial charge in [-0.15, -0.1) is 0 Å². The van der Waals surface area contributed by atoms with E-state index in [1.165, 1.54) is 28.4 Å². The zero-order valence-electron chi connectivity index (χ0n) is 59.6. The number of aromatic nitrogens is 1. The molecule has 2 aromatic carbocycles. The van der Waals surface area contributed by atoms with Gasteiger partial charge in [-0.2, -0.15) is 36.2 Å². The summed E-state index contributed by atoms with van der Waals surface area (Å²) in [7, 11) is 0. The maximum atomic E-state index is 14.8. The average Bonchev–Trinajstić information content (AvgIpc) is 1.72. The third kappa shape index (κ3) is 29.8. The Kier molecular flexibility index (Phi) is 39.4. The Morgan fingerprint density at radius 1 is 0.562 bits per heavy atom. The first-order valence-electron chi connectivity index (χ1n) is 34.6. The number of hydrogen-bond acceptors (Lipinski definition) is 21. The Balaban J connectivity index is 1.62. The van der Waals surface area contributed by atoms with Gasteiger partial charge in [0.05, 0.1) is 19.3 Å². The summed E-state index contributed by atoms with van der Waals surface area (Å²) in [6.07, 6.45) is 6.38. The Bertz CT molecular complexity index is 3420. The molecule has 2 heterocycles. The van der Waals surface area contributed by atoms with Crippen LogP contribution in [0.15, 0.2) is 70.8 Å². The molecule has 0 radical (unpaired) electrons. The van der Waals surface area contributed by atoms with Crippen LogP contribution in [0.1, 0.15) is 95.6 Å². The van der Waals surface area contributed by atoms with Crippen molar-refractivity contribution in [2.24, 2.45) is 50.3 Å². The number of carboxylic acid groups (broad SMARTS) is 1. The number of hydrogen-bond donors (Lipinski definition) is 21. The maximum absolute atomic E-state index is 14.8. The molecule has 11 amide bonds. The van der Waals surface area contributed by atoms with Crippen LogP contribution in [0.25, 0.3) is 10.9 Å². The molecular weight excluding hydrogens is 1420 g/mol. The highest BCUT2D eigenvalue weighted by Crippen LogP contribution is 2.23. The van der Waals surface area contributed by atoms with Gasteiger partial charge in [0.25, 0.3) is 0 Å². The zero-order chi connectivity index (χ0) is 77.7. The Morgan fingerprint density at radius 3 is 1.55 bits per heavy atom. The number of carbonyl (C=O) groups is 12. The number of benzene rings is 2. The van der Waals surface area contributed by atoms with Crippen LogP contribution < -0.4 is 87.6 Å². The molecule has 1 saturated heterocycles. The number of nitrogens with zero attached hydrogens (tertiary/aromatic N) is 3. The van der Waals surface area contributed by atoms with Gasteiger partial charge < -0.3 is 113 Å². The van der Waals surface area contributed by atoms with E-state index < -0.39 is 163 Å². The lowest BCUT2D eigenvalue weighted by Crippen LogP contribution is -2.61. The minimum atomic E-state index is -1.81. The number of amides is 11. The zero-order valence-corrected chi connectivity index (χ0v) is 62.2. The molecule has 12 atom stereocenters. The van der Waals surface area contributed by atoms with Gasteiger partial charge in [-0.25, -0.2) is 4.79 Å². The number of likely N-dealkylation sites (tertiary alicyclic amines) is 1. The van der Waals surface area contributed by atoms with Crippen molar-refractivity contribution in [3.8, 4) is 0 Å². The van der Waals surface area contributed by atoms with E-state index >= 15 is 0 Å². The van der Waals surface area contributed by atoms with Crippen LogP contribution >= 0.6 is 36.2 Å². The van der Waals surface area contributed by atoms with Crippen LogP contribution in [0.3, 0.4) is 0 Å². The molecule has 35 nitrogen and oxygen atoms in total. The van der Waals surface area contributed by atoms with E-state index in [9.17, 15) is 72.9 Å². The smallest absolute Gasteiger partial charge is 0.328 e. The number of aliphatic carboxylic acids is 1. The molecule has 0 bridgehead atoms. The molecule has 0 aliphatic carbocycles. The average molecular weight is 1530 g/mol. The van der Waals surface area contributed by atoms with E-state index in [0.717, 1.165) is 5.56 Å². The number of nitrogens with one attached hydrogen (secondary N) is 11. The van der Waals surface area contributed by atoms with E-state index in [1.807, 2.05) is 24.5 Å². The van der Waals surface area contributed by atoms with Crippen molar-refractivity contribution in [3.63, 3.8) is 0 Å². The van der Waals surface area contributed by atoms with Gasteiger partial charge in [0.15, 0.2) is 11.9 Å². The minimum absolute atomic E-state index is 0.0291. The number of rotatable bonds is 48. The lowest BCUT2D eigenvalue weighted by atomic mass is 10.0. The normalized spacial score (nSPS) is 15.8. The summed E-state index contributed by atoms with van der Waals surface area (Å²) in [5, 5.41) is 56.4. The number of carbonyl (C=O) groups excluding carboxylic acids is 11. The van der Waals surface area contributed by atoms with Crippen molar-refractivity contribution in [1.82, 2.24) is 63.1 Å². The van der Waals surface area contributed by atoms with Crippen LogP contribution in [0.5, 0.6) is 0 Å². The molecule has 0 saturated carbocycles. The van der Waals surface area contributed by atoms with Crippen molar-refractivity contribution in [3.05, 3.63) is 71.9 Å². The number of para-hydroxylation sites is 1. The fraction of sp³-hybridized carbons (Fsp3) is 0.582. The van der Waals surface area contributed by atoms with E-state index in [-0.39, 0.29) is 114 Å². The molecule has 1 aliphatic heterocycles. The van der Waals surface area contributed by atoms with Crippen LogP contribution in [-0.2, 0) is 70.4 Å². The third-order valence-corrected chi connectivity index (χ3v) is 18.7. The van der Waals surface area contributed by atoms with Gasteiger partial charge in [-0.3, -0.25) is 62.7 Å². The Hall–Kier alpha value is -8.95. The van der Waals surface area contributed by atoms with Gasteiger partial charge in [0.2, 0.25) is 65.0 Å². The summed E-state index contributed by atoms with van der Waals surface area (Å²) in [6.45, 7) is 1.44. The van der Waals surface area contributed by atoms with Crippen LogP contribution in [0.2, 0.25) is 0 Å². The quantitative estimate of drug-likeness (QED) is 0.0110. The molecule has 0 unspecified atom stereocenters. The number of H-pyrrole nitrogens is 1. The van der Waals surface area contributed by atoms with Crippen LogP contribution in [-0.4, -0.2) is 250 Å². The highest BCUT2D eigenvalue weighted by Gasteiger charge is 2.41. The molecule has 4 rings (SSSR count). The lowest BCUT2D eigenvalue weighted by Gasteiger charge is -2.31. The number of thiol groups is 1. The topological polar surface area (TPSA) is 586 Å². The molecule has 3 aromatic rings. The number of unbranched alkanes of at least 4 members (excludes halogenated alkanes) is 1. The summed E-state index contributed by atoms with van der Waals surface area (Å²) < 4.78 is 0. The first kappa shape index (κ1) is 88.4. The largest absolute Gasteiger partial charge is 0.480 e. The van der Waals surface area contributed by atoms with Crippen molar-refractivity contribution in [2.75, 3.05) is 69.2 Å². The highest BCUT2D eigenvalue weighted by molar-refractivity contribution is 7.98. The molecular formula is C67H106N20O15S3. The molecule has 1 aromatic heterocycles. The lowest BCUT2D eigenvalue weighted by molar-refractivity contribution is -0.144. The molecule has 1 fully saturated rings. The predicted octanol–water partition coefficient (Wildman–Crippen LogP) is -4.48. The number of aromatic amines is 1. The van der Waals surface area contributed by atoms with E-state index in [0.29, 0.717) is 40.8 Å². The predicted molar refractivity (Wildman–Crippen MR) is 403 cm³/mol. The number of thioether (sulfide) groups is 2. The van der Waals surface area contributed by atoms with Gasteiger partial charge in [-0.1, -0.05) is 62.4 Å². The second-order valence-corrected chi connectivity index (χ2v) is 27.8. The monoisotopic (exact) mass is 1530 g/mol. The minimum Gasteiger partial charge on any atom is -0.480 e. The SMILES string of the molecule is CSCC[C@H](NC(=O)[C@H](N)Cc1ccccc1)C(=O)N[C@@H](CCCN=C(N)N)C(=O)N[C@@H](Cc1c[nH]c2ccccc12)C(=O)N[C@@H](CO)C(=O)N[C@@H](CCCN=C(N)N)C(=O)N[C@@H](CCCCN)C(=O)N[C@@H](CCSC)C(=O)N1CCC[C@H]1C(=O)N[C@@H](CS)C(=O)N[C@H](C(=O)N[C@@H](CO)C(=O)O)C(C)C. The molecule has 0 spiro atoms. The molecule has 38 heteroatoms. The fourth-order valence-electron chi connectivity index (χ4n) is 11.3. The fourth-order valence-corrected chi connectivity index (χ4v) is 12.5. The molecule has 582 valence electrons. The summed E-state index contributed by atoms with van der Waals surface area (Å²) in [4.78, 5) is 181. The summed E-state index contributed by atoms with van der Waals surface area (Å²) in [5.41, 5.74) is 36.6. The molecule has 1 aliphatic rings. The van der Waals surface area contributed by atoms with Gasteiger partial charge in [0, 0.05) is 48.9 Å². The Labute approximate surface area is 624 Å². The highest BCUT2D eigenvalue weighted by atomic mass is 32.2. The number of guanidine groups is 2. The summed E-state index contributed by atoms with van der Waals surface area (Å²) >= 11 is 7.03. The van der Waals surface area contributed by atoms with Crippen LogP contribution in [0.4, 0.5) is 0 Å². The number of aliphatic hydroxyl groups excluding tert-OH is 2. The summed E-state index contributed by atoms with van der Waals surface area (Å²) in [5.74, 6) is -11.3. The first-order chi connectivity index (χ1) is 50.1. The van der Waals surface area contributed by atoms with Gasteiger partial charge in [0.1, 0.15) is 66.5 Å². The molecule has 105 heavy (non-hydrogen) atoms. The third-order valence-electron chi connectivity index (χ3n) is 17.1. The number of carboxylic acids is 1.